The summed E-state index contributed by atoms with van der Waals surface area (Å²) in [5.74, 6) is 0.722. The van der Waals surface area contributed by atoms with Crippen molar-refractivity contribution >= 4 is 6.03 Å². The Labute approximate surface area is 177 Å². The highest BCUT2D eigenvalue weighted by Crippen LogP contribution is 2.28. The Balaban J connectivity index is 1.32. The monoisotopic (exact) mass is 411 g/mol. The molecule has 4 rings (SSSR count). The molecule has 1 saturated carbocycles. The highest BCUT2D eigenvalue weighted by atomic mass is 19.1. The fourth-order valence-corrected chi connectivity index (χ4v) is 4.54. The van der Waals surface area contributed by atoms with Crippen molar-refractivity contribution in [2.45, 2.75) is 50.1 Å². The van der Waals surface area contributed by atoms with E-state index in [1.807, 2.05) is 17.0 Å². The minimum Gasteiger partial charge on any atom is -0.335 e. The second kappa shape index (κ2) is 9.08. The molecule has 2 atom stereocenters. The predicted octanol–water partition coefficient (Wildman–Crippen LogP) is 3.65. The zero-order chi connectivity index (χ0) is 21.1. The lowest BCUT2D eigenvalue weighted by Crippen LogP contribution is -2.47. The van der Waals surface area contributed by atoms with Gasteiger partial charge in [-0.15, -0.1) is 0 Å². The maximum absolute atomic E-state index is 13.5. The van der Waals surface area contributed by atoms with Gasteiger partial charge in [0.2, 0.25) is 0 Å². The van der Waals surface area contributed by atoms with Gasteiger partial charge in [-0.05, 0) is 64.4 Å². The number of rotatable bonds is 4. The van der Waals surface area contributed by atoms with Crippen LogP contribution in [-0.2, 0) is 0 Å². The Hall–Kier alpha value is -2.54. The summed E-state index contributed by atoms with van der Waals surface area (Å²) in [5, 5.41) is 3.22. The first kappa shape index (κ1) is 20.7. The number of aromatic nitrogens is 2. The molecule has 7 heteroatoms. The van der Waals surface area contributed by atoms with E-state index in [4.69, 9.17) is 0 Å². The lowest BCUT2D eigenvalue weighted by molar-refractivity contribution is 0.176. The molecule has 0 spiro atoms. The number of halogens is 1. The van der Waals surface area contributed by atoms with Crippen LogP contribution in [0, 0.1) is 5.82 Å². The van der Waals surface area contributed by atoms with E-state index in [0.717, 1.165) is 49.2 Å². The SMILES string of the molecule is CN(C)C1CCC(NC(=O)N2CCC(c3nccc(-c4cccc(F)c4)n3)CC2)C1. The first-order valence-electron chi connectivity index (χ1n) is 10.8. The van der Waals surface area contributed by atoms with Gasteiger partial charge in [0, 0.05) is 42.9 Å². The summed E-state index contributed by atoms with van der Waals surface area (Å²) >= 11 is 0. The maximum Gasteiger partial charge on any atom is 0.317 e. The summed E-state index contributed by atoms with van der Waals surface area (Å²) < 4.78 is 13.5. The van der Waals surface area contributed by atoms with Crippen LogP contribution in [0.25, 0.3) is 11.3 Å². The topological polar surface area (TPSA) is 61.4 Å². The Morgan fingerprint density at radius 1 is 1.17 bits per heavy atom. The van der Waals surface area contributed by atoms with Gasteiger partial charge in [0.05, 0.1) is 5.69 Å². The minimum absolute atomic E-state index is 0.0484. The summed E-state index contributed by atoms with van der Waals surface area (Å²) in [5.41, 5.74) is 1.49. The van der Waals surface area contributed by atoms with Crippen LogP contribution in [0.4, 0.5) is 9.18 Å². The number of hydrogen-bond donors (Lipinski definition) is 1. The van der Waals surface area contributed by atoms with Crippen LogP contribution >= 0.6 is 0 Å². The zero-order valence-electron chi connectivity index (χ0n) is 17.7. The van der Waals surface area contributed by atoms with Crippen molar-refractivity contribution < 1.29 is 9.18 Å². The number of benzene rings is 1. The van der Waals surface area contributed by atoms with Crippen molar-refractivity contribution in [2.75, 3.05) is 27.2 Å². The van der Waals surface area contributed by atoms with Gasteiger partial charge in [-0.3, -0.25) is 0 Å². The Morgan fingerprint density at radius 3 is 2.67 bits per heavy atom. The zero-order valence-corrected chi connectivity index (χ0v) is 17.7. The van der Waals surface area contributed by atoms with Gasteiger partial charge in [-0.1, -0.05) is 12.1 Å². The molecule has 2 aromatic rings. The lowest BCUT2D eigenvalue weighted by Gasteiger charge is -2.32. The minimum atomic E-state index is -0.272. The second-order valence-corrected chi connectivity index (χ2v) is 8.65. The summed E-state index contributed by atoms with van der Waals surface area (Å²) in [4.78, 5) is 26.0. The molecule has 0 bridgehead atoms. The van der Waals surface area contributed by atoms with Gasteiger partial charge in [0.25, 0.3) is 0 Å². The fraction of sp³-hybridized carbons (Fsp3) is 0.522. The summed E-state index contributed by atoms with van der Waals surface area (Å²) in [6.07, 6.45) is 6.62. The van der Waals surface area contributed by atoms with Crippen molar-refractivity contribution in [3.05, 3.63) is 48.2 Å². The third-order valence-electron chi connectivity index (χ3n) is 6.40. The number of urea groups is 1. The number of hydrogen-bond acceptors (Lipinski definition) is 4. The van der Waals surface area contributed by atoms with Gasteiger partial charge in [-0.25, -0.2) is 19.2 Å². The standard InChI is InChI=1S/C23H30FN5O/c1-28(2)20-7-6-19(15-20)26-23(30)29-12-9-16(10-13-29)22-25-11-8-21(27-22)17-4-3-5-18(24)14-17/h3-5,8,11,14,16,19-20H,6-7,9-10,12-13,15H2,1-2H3,(H,26,30). The highest BCUT2D eigenvalue weighted by molar-refractivity contribution is 5.74. The molecule has 2 amide bonds. The summed E-state index contributed by atoms with van der Waals surface area (Å²) in [6, 6.07) is 9.15. The smallest absolute Gasteiger partial charge is 0.317 e. The highest BCUT2D eigenvalue weighted by Gasteiger charge is 2.30. The summed E-state index contributed by atoms with van der Waals surface area (Å²) in [7, 11) is 4.20. The molecule has 160 valence electrons. The maximum atomic E-state index is 13.5. The van der Waals surface area contributed by atoms with Gasteiger partial charge in [-0.2, -0.15) is 0 Å². The molecular weight excluding hydrogens is 381 g/mol. The van der Waals surface area contributed by atoms with E-state index < -0.39 is 0 Å². The molecule has 0 radical (unpaired) electrons. The van der Waals surface area contributed by atoms with Crippen LogP contribution in [0.2, 0.25) is 0 Å². The number of carbonyl (C=O) groups excluding carboxylic acids is 1. The van der Waals surface area contributed by atoms with Crippen LogP contribution in [-0.4, -0.2) is 65.1 Å². The molecule has 1 aliphatic carbocycles. The van der Waals surface area contributed by atoms with Gasteiger partial charge in [0.15, 0.2) is 0 Å². The molecule has 1 aromatic heterocycles. The lowest BCUT2D eigenvalue weighted by atomic mass is 9.96. The first-order chi connectivity index (χ1) is 14.5. The molecule has 1 aliphatic heterocycles. The van der Waals surface area contributed by atoms with E-state index in [1.54, 1.807) is 12.3 Å². The fourth-order valence-electron chi connectivity index (χ4n) is 4.54. The average molecular weight is 412 g/mol. The predicted molar refractivity (Wildman–Crippen MR) is 115 cm³/mol. The van der Waals surface area contributed by atoms with Crippen LogP contribution in [0.5, 0.6) is 0 Å². The molecule has 2 unspecified atom stereocenters. The van der Waals surface area contributed by atoms with E-state index in [2.05, 4.69) is 34.3 Å². The first-order valence-corrected chi connectivity index (χ1v) is 10.8. The Bertz CT molecular complexity index is 881. The van der Waals surface area contributed by atoms with Gasteiger partial charge < -0.3 is 15.1 Å². The van der Waals surface area contributed by atoms with Gasteiger partial charge >= 0.3 is 6.03 Å². The van der Waals surface area contributed by atoms with E-state index in [-0.39, 0.29) is 23.8 Å². The van der Waals surface area contributed by atoms with E-state index >= 15 is 0 Å². The van der Waals surface area contributed by atoms with Crippen molar-refractivity contribution in [3.8, 4) is 11.3 Å². The van der Waals surface area contributed by atoms with Crippen molar-refractivity contribution in [2.24, 2.45) is 0 Å². The molecule has 30 heavy (non-hydrogen) atoms. The normalized spacial score (nSPS) is 22.5. The molecule has 1 aromatic carbocycles. The van der Waals surface area contributed by atoms with Crippen LogP contribution < -0.4 is 5.32 Å². The number of amides is 2. The Morgan fingerprint density at radius 2 is 1.97 bits per heavy atom. The van der Waals surface area contributed by atoms with Crippen LogP contribution in [0.15, 0.2) is 36.5 Å². The van der Waals surface area contributed by atoms with E-state index in [0.29, 0.717) is 19.1 Å². The van der Waals surface area contributed by atoms with Crippen LogP contribution in [0.3, 0.4) is 0 Å². The largest absolute Gasteiger partial charge is 0.335 e. The molecule has 2 fully saturated rings. The molecule has 2 heterocycles. The summed E-state index contributed by atoms with van der Waals surface area (Å²) in [6.45, 7) is 1.40. The third-order valence-corrected chi connectivity index (χ3v) is 6.40. The van der Waals surface area contributed by atoms with Gasteiger partial charge in [0.1, 0.15) is 11.6 Å². The third kappa shape index (κ3) is 4.78. The van der Waals surface area contributed by atoms with E-state index in [9.17, 15) is 9.18 Å². The quantitative estimate of drug-likeness (QED) is 0.834. The Kier molecular flexibility index (Phi) is 6.27. The molecule has 1 N–H and O–H groups in total. The van der Waals surface area contributed by atoms with E-state index in [1.165, 1.54) is 12.1 Å². The van der Waals surface area contributed by atoms with Crippen molar-refractivity contribution in [3.63, 3.8) is 0 Å². The van der Waals surface area contributed by atoms with Crippen molar-refractivity contribution in [1.82, 2.24) is 25.1 Å². The molecule has 1 saturated heterocycles. The number of nitrogens with one attached hydrogen (secondary N) is 1. The molecule has 6 nitrogen and oxygen atoms in total. The number of carbonyl (C=O) groups is 1. The molecular formula is C23H30FN5O. The number of piperidine rings is 1. The van der Waals surface area contributed by atoms with Crippen molar-refractivity contribution in [1.29, 1.82) is 0 Å². The second-order valence-electron chi connectivity index (χ2n) is 8.65. The number of likely N-dealkylation sites (tertiary alicyclic amines) is 1. The number of nitrogens with zero attached hydrogens (tertiary/aromatic N) is 4. The van der Waals surface area contributed by atoms with Crippen LogP contribution in [0.1, 0.15) is 43.8 Å². The average Bonchev–Trinajstić information content (AvgIpc) is 3.23. The molecule has 2 aliphatic rings.